The highest BCUT2D eigenvalue weighted by Crippen LogP contribution is 2.21. The largest absolute Gasteiger partial charge is 0.478 e. The highest BCUT2D eigenvalue weighted by molar-refractivity contribution is 7.92. The monoisotopic (exact) mass is 334 g/mol. The third kappa shape index (κ3) is 3.52. The minimum absolute atomic E-state index is 0.0943. The minimum Gasteiger partial charge on any atom is -0.478 e. The second-order valence-corrected chi connectivity index (χ2v) is 8.69. The fraction of sp³-hybridized carbons (Fsp3) is 0.364. The minimum atomic E-state index is -4.17. The lowest BCUT2D eigenvalue weighted by Crippen LogP contribution is -2.36. The van der Waals surface area contributed by atoms with Crippen molar-refractivity contribution in [2.75, 3.05) is 17.2 Å². The zero-order valence-electron chi connectivity index (χ0n) is 10.8. The number of sulfone groups is 1. The second-order valence-electron chi connectivity index (χ2n) is 4.78. The number of nitrogens with one attached hydrogen (secondary N) is 1. The molecular weight excluding hydrogens is 320 g/mol. The van der Waals surface area contributed by atoms with Crippen molar-refractivity contribution in [2.45, 2.75) is 17.4 Å². The quantitative estimate of drug-likeness (QED) is 0.626. The summed E-state index contributed by atoms with van der Waals surface area (Å²) in [5.41, 5.74) is 5.17. The van der Waals surface area contributed by atoms with Gasteiger partial charge < -0.3 is 10.8 Å². The third-order valence-electron chi connectivity index (χ3n) is 3.08. The number of nitrogen functional groups attached to an aromatic ring is 1. The van der Waals surface area contributed by atoms with E-state index >= 15 is 0 Å². The summed E-state index contributed by atoms with van der Waals surface area (Å²) in [5.74, 6) is -1.80. The molecule has 8 nitrogen and oxygen atoms in total. The first-order valence-corrected chi connectivity index (χ1v) is 9.27. The van der Waals surface area contributed by atoms with E-state index in [-0.39, 0.29) is 23.6 Å². The molecule has 0 aliphatic carbocycles. The van der Waals surface area contributed by atoms with Crippen molar-refractivity contribution in [2.24, 2.45) is 0 Å². The van der Waals surface area contributed by atoms with Gasteiger partial charge in [0.15, 0.2) is 9.84 Å². The molecule has 1 aliphatic heterocycles. The molecule has 0 amide bonds. The molecule has 1 aromatic carbocycles. The number of rotatable bonds is 4. The Balaban J connectivity index is 2.36. The Morgan fingerprint density at radius 1 is 1.38 bits per heavy atom. The van der Waals surface area contributed by atoms with E-state index in [0.717, 1.165) is 12.1 Å². The molecular formula is C11H14N2O6S2. The Morgan fingerprint density at radius 3 is 2.57 bits per heavy atom. The number of aromatic carboxylic acids is 1. The van der Waals surface area contributed by atoms with Crippen LogP contribution in [-0.2, 0) is 19.9 Å². The lowest BCUT2D eigenvalue weighted by molar-refractivity contribution is 0.0692. The molecule has 2 rings (SSSR count). The van der Waals surface area contributed by atoms with Crippen LogP contribution in [0.2, 0.25) is 0 Å². The van der Waals surface area contributed by atoms with Gasteiger partial charge in [0.1, 0.15) is 0 Å². The van der Waals surface area contributed by atoms with E-state index < -0.39 is 42.3 Å². The predicted molar refractivity (Wildman–Crippen MR) is 75.2 cm³/mol. The number of carbonyl (C=O) groups is 1. The van der Waals surface area contributed by atoms with E-state index in [1.807, 2.05) is 0 Å². The Labute approximate surface area is 121 Å². The Kier molecular flexibility index (Phi) is 3.95. The standard InChI is InChI=1S/C11H14N2O6S2/c12-7-1-2-9(11(14)15)10(5-7)21(18,19)13-8-3-4-20(16,17)6-8/h1-2,5,8,13H,3-4,6,12H2,(H,14,15). The topological polar surface area (TPSA) is 144 Å². The van der Waals surface area contributed by atoms with E-state index in [2.05, 4.69) is 4.72 Å². The fourth-order valence-corrected chi connectivity index (χ4v) is 5.39. The van der Waals surface area contributed by atoms with Crippen molar-refractivity contribution in [1.29, 1.82) is 0 Å². The predicted octanol–water partition coefficient (Wildman–Crippen LogP) is -0.568. The molecule has 10 heteroatoms. The normalized spacial score (nSPS) is 21.2. The number of hydrogen-bond donors (Lipinski definition) is 3. The molecule has 1 fully saturated rings. The third-order valence-corrected chi connectivity index (χ3v) is 6.41. The van der Waals surface area contributed by atoms with Gasteiger partial charge in [-0.2, -0.15) is 0 Å². The number of carboxylic acid groups (broad SMARTS) is 1. The lowest BCUT2D eigenvalue weighted by atomic mass is 10.2. The van der Waals surface area contributed by atoms with Gasteiger partial charge in [0.05, 0.1) is 22.0 Å². The van der Waals surface area contributed by atoms with E-state index in [9.17, 15) is 21.6 Å². The second kappa shape index (κ2) is 5.28. The van der Waals surface area contributed by atoms with Crippen molar-refractivity contribution in [3.05, 3.63) is 23.8 Å². The first kappa shape index (κ1) is 15.7. The van der Waals surface area contributed by atoms with Gasteiger partial charge in [0.2, 0.25) is 10.0 Å². The Hall–Kier alpha value is -1.65. The zero-order valence-corrected chi connectivity index (χ0v) is 12.4. The van der Waals surface area contributed by atoms with E-state index in [0.29, 0.717) is 0 Å². The molecule has 1 aliphatic rings. The number of carboxylic acids is 1. The highest BCUT2D eigenvalue weighted by Gasteiger charge is 2.32. The molecule has 1 atom stereocenters. The molecule has 1 aromatic rings. The van der Waals surface area contributed by atoms with Crippen LogP contribution in [0.1, 0.15) is 16.8 Å². The molecule has 0 saturated carbocycles. The van der Waals surface area contributed by atoms with Crippen molar-refractivity contribution in [3.8, 4) is 0 Å². The first-order valence-electron chi connectivity index (χ1n) is 5.96. The fourth-order valence-electron chi connectivity index (χ4n) is 2.11. The van der Waals surface area contributed by atoms with Gasteiger partial charge in [0, 0.05) is 11.7 Å². The van der Waals surface area contributed by atoms with Crippen molar-refractivity contribution >= 4 is 31.5 Å². The molecule has 0 bridgehead atoms. The Bertz CT molecular complexity index is 785. The van der Waals surface area contributed by atoms with Crippen LogP contribution in [0.15, 0.2) is 23.1 Å². The maximum absolute atomic E-state index is 12.3. The van der Waals surface area contributed by atoms with Gasteiger partial charge in [-0.25, -0.2) is 26.4 Å². The average molecular weight is 334 g/mol. The van der Waals surface area contributed by atoms with Crippen LogP contribution in [0.5, 0.6) is 0 Å². The number of anilines is 1. The molecule has 21 heavy (non-hydrogen) atoms. The highest BCUT2D eigenvalue weighted by atomic mass is 32.2. The van der Waals surface area contributed by atoms with Crippen LogP contribution in [0.3, 0.4) is 0 Å². The van der Waals surface area contributed by atoms with Gasteiger partial charge in [-0.3, -0.25) is 0 Å². The van der Waals surface area contributed by atoms with Crippen LogP contribution in [0.4, 0.5) is 5.69 Å². The summed E-state index contributed by atoms with van der Waals surface area (Å²) in [7, 11) is -7.42. The molecule has 1 heterocycles. The number of hydrogen-bond acceptors (Lipinski definition) is 6. The molecule has 1 saturated heterocycles. The van der Waals surface area contributed by atoms with E-state index in [1.165, 1.54) is 6.07 Å². The maximum Gasteiger partial charge on any atom is 0.337 e. The van der Waals surface area contributed by atoms with Gasteiger partial charge in [-0.05, 0) is 24.6 Å². The summed E-state index contributed by atoms with van der Waals surface area (Å²) < 4.78 is 49.4. The number of benzene rings is 1. The summed E-state index contributed by atoms with van der Waals surface area (Å²) in [6, 6.07) is 2.65. The maximum atomic E-state index is 12.3. The summed E-state index contributed by atoms with van der Waals surface area (Å²) in [4.78, 5) is 10.6. The lowest BCUT2D eigenvalue weighted by Gasteiger charge is -2.13. The molecule has 0 aromatic heterocycles. The van der Waals surface area contributed by atoms with Crippen molar-refractivity contribution < 1.29 is 26.7 Å². The van der Waals surface area contributed by atoms with E-state index in [4.69, 9.17) is 10.8 Å². The molecule has 116 valence electrons. The molecule has 0 radical (unpaired) electrons. The van der Waals surface area contributed by atoms with Crippen LogP contribution in [-0.4, -0.2) is 45.5 Å². The van der Waals surface area contributed by atoms with Crippen LogP contribution < -0.4 is 10.5 Å². The van der Waals surface area contributed by atoms with Gasteiger partial charge in [-0.1, -0.05) is 0 Å². The summed E-state index contributed by atoms with van der Waals surface area (Å²) in [5, 5.41) is 9.03. The van der Waals surface area contributed by atoms with Crippen LogP contribution in [0, 0.1) is 0 Å². The van der Waals surface area contributed by atoms with Gasteiger partial charge in [-0.15, -0.1) is 0 Å². The van der Waals surface area contributed by atoms with E-state index in [1.54, 1.807) is 0 Å². The summed E-state index contributed by atoms with van der Waals surface area (Å²) in [6.45, 7) is 0. The SMILES string of the molecule is Nc1ccc(C(=O)O)c(S(=O)(=O)NC2CCS(=O)(=O)C2)c1. The number of nitrogens with two attached hydrogens (primary N) is 1. The molecule has 1 unspecified atom stereocenters. The van der Waals surface area contributed by atoms with Crippen LogP contribution in [0.25, 0.3) is 0 Å². The molecule has 4 N–H and O–H groups in total. The number of sulfonamides is 1. The van der Waals surface area contributed by atoms with Crippen molar-refractivity contribution in [1.82, 2.24) is 4.72 Å². The summed E-state index contributed by atoms with van der Waals surface area (Å²) in [6.07, 6.45) is 0.159. The molecule has 0 spiro atoms. The smallest absolute Gasteiger partial charge is 0.337 e. The Morgan fingerprint density at radius 2 is 2.05 bits per heavy atom. The van der Waals surface area contributed by atoms with Gasteiger partial charge >= 0.3 is 5.97 Å². The van der Waals surface area contributed by atoms with Gasteiger partial charge in [0.25, 0.3) is 0 Å². The average Bonchev–Trinajstić information content (AvgIpc) is 2.67. The zero-order chi connectivity index (χ0) is 15.8. The first-order chi connectivity index (χ1) is 9.61. The van der Waals surface area contributed by atoms with Crippen LogP contribution >= 0.6 is 0 Å². The summed E-state index contributed by atoms with van der Waals surface area (Å²) >= 11 is 0. The van der Waals surface area contributed by atoms with Crippen molar-refractivity contribution in [3.63, 3.8) is 0 Å².